The SMILES string of the molecule is Cc1cc(I)ccc1NC1C2CC3CC(C2)CC1C3. The van der Waals surface area contributed by atoms with E-state index in [0.717, 1.165) is 29.7 Å². The van der Waals surface area contributed by atoms with Gasteiger partial charge in [-0.05, 0) is 109 Å². The molecule has 1 nitrogen and oxygen atoms in total. The summed E-state index contributed by atoms with van der Waals surface area (Å²) in [5, 5.41) is 3.92. The number of halogens is 1. The van der Waals surface area contributed by atoms with Gasteiger partial charge >= 0.3 is 0 Å². The van der Waals surface area contributed by atoms with Gasteiger partial charge < -0.3 is 5.32 Å². The lowest BCUT2D eigenvalue weighted by Gasteiger charge is -2.54. The number of rotatable bonds is 2. The molecule has 5 rings (SSSR count). The summed E-state index contributed by atoms with van der Waals surface area (Å²) in [6.45, 7) is 2.24. The van der Waals surface area contributed by atoms with E-state index in [-0.39, 0.29) is 0 Å². The number of hydrogen-bond acceptors (Lipinski definition) is 1. The van der Waals surface area contributed by atoms with Crippen molar-refractivity contribution in [3.05, 3.63) is 27.3 Å². The highest BCUT2D eigenvalue weighted by atomic mass is 127. The second-order valence-corrected chi connectivity index (χ2v) is 8.31. The topological polar surface area (TPSA) is 12.0 Å². The van der Waals surface area contributed by atoms with Gasteiger partial charge in [0.25, 0.3) is 0 Å². The van der Waals surface area contributed by atoms with E-state index in [1.165, 1.54) is 40.5 Å². The highest BCUT2D eigenvalue weighted by molar-refractivity contribution is 14.1. The predicted molar refractivity (Wildman–Crippen MR) is 88.4 cm³/mol. The maximum absolute atomic E-state index is 3.92. The van der Waals surface area contributed by atoms with E-state index in [9.17, 15) is 0 Å². The van der Waals surface area contributed by atoms with Gasteiger partial charge in [0.2, 0.25) is 0 Å². The first-order valence-electron chi connectivity index (χ1n) is 7.71. The molecule has 0 heterocycles. The first-order chi connectivity index (χ1) is 9.19. The van der Waals surface area contributed by atoms with Gasteiger partial charge in [-0.25, -0.2) is 0 Å². The van der Waals surface area contributed by atoms with Crippen molar-refractivity contribution in [3.8, 4) is 0 Å². The average molecular weight is 367 g/mol. The normalized spacial score (nSPS) is 39.6. The summed E-state index contributed by atoms with van der Waals surface area (Å²) in [5.74, 6) is 4.04. The number of aryl methyl sites for hydroxylation is 1. The van der Waals surface area contributed by atoms with Crippen LogP contribution in [-0.4, -0.2) is 6.04 Å². The molecule has 0 aromatic heterocycles. The van der Waals surface area contributed by atoms with Crippen molar-refractivity contribution in [2.24, 2.45) is 23.7 Å². The number of anilines is 1. The molecule has 4 bridgehead atoms. The Bertz CT molecular complexity index is 468. The second-order valence-electron chi connectivity index (χ2n) is 7.06. The summed E-state index contributed by atoms with van der Waals surface area (Å²) in [4.78, 5) is 0. The molecule has 1 N–H and O–H groups in total. The van der Waals surface area contributed by atoms with Crippen LogP contribution in [0, 0.1) is 34.2 Å². The molecule has 0 saturated heterocycles. The van der Waals surface area contributed by atoms with Crippen LogP contribution in [0.5, 0.6) is 0 Å². The third kappa shape index (κ3) is 2.20. The van der Waals surface area contributed by atoms with Crippen LogP contribution < -0.4 is 5.32 Å². The molecular formula is C17H22IN. The van der Waals surface area contributed by atoms with Crippen LogP contribution in [0.1, 0.15) is 37.7 Å². The quantitative estimate of drug-likeness (QED) is 0.738. The lowest BCUT2D eigenvalue weighted by atomic mass is 9.54. The van der Waals surface area contributed by atoms with Crippen molar-refractivity contribution in [2.45, 2.75) is 45.1 Å². The summed E-state index contributed by atoms with van der Waals surface area (Å²) < 4.78 is 1.34. The maximum atomic E-state index is 3.92. The molecule has 19 heavy (non-hydrogen) atoms. The number of benzene rings is 1. The van der Waals surface area contributed by atoms with Crippen molar-refractivity contribution in [3.63, 3.8) is 0 Å². The Morgan fingerprint density at radius 2 is 1.63 bits per heavy atom. The highest BCUT2D eigenvalue weighted by Crippen LogP contribution is 2.54. The molecule has 4 saturated carbocycles. The molecule has 4 aliphatic rings. The van der Waals surface area contributed by atoms with Crippen LogP contribution >= 0.6 is 22.6 Å². The van der Waals surface area contributed by atoms with Crippen LogP contribution in [0.3, 0.4) is 0 Å². The van der Waals surface area contributed by atoms with E-state index in [2.05, 4.69) is 53.0 Å². The minimum absolute atomic E-state index is 0.756. The Morgan fingerprint density at radius 3 is 2.21 bits per heavy atom. The first-order valence-corrected chi connectivity index (χ1v) is 8.79. The van der Waals surface area contributed by atoms with Crippen LogP contribution in [-0.2, 0) is 0 Å². The number of hydrogen-bond donors (Lipinski definition) is 1. The standard InChI is InChI=1S/C17H22IN/c1-10-4-15(18)2-3-16(10)19-17-13-6-11-5-12(8-13)9-14(17)7-11/h2-4,11-14,17,19H,5-9H2,1H3. The van der Waals surface area contributed by atoms with E-state index in [1.807, 2.05) is 0 Å². The predicted octanol–water partition coefficient (Wildman–Crippen LogP) is 4.84. The van der Waals surface area contributed by atoms with Gasteiger partial charge in [0, 0.05) is 15.3 Å². The Balaban J connectivity index is 1.56. The van der Waals surface area contributed by atoms with Crippen molar-refractivity contribution < 1.29 is 0 Å². The molecule has 0 unspecified atom stereocenters. The van der Waals surface area contributed by atoms with Crippen LogP contribution in [0.4, 0.5) is 5.69 Å². The zero-order valence-electron chi connectivity index (χ0n) is 11.5. The van der Waals surface area contributed by atoms with Crippen LogP contribution in [0.2, 0.25) is 0 Å². The lowest BCUT2D eigenvalue weighted by Crippen LogP contribution is -2.51. The van der Waals surface area contributed by atoms with E-state index in [4.69, 9.17) is 0 Å². The third-order valence-corrected chi connectivity index (χ3v) is 6.41. The Kier molecular flexibility index (Phi) is 3.05. The fourth-order valence-corrected chi connectivity index (χ4v) is 5.78. The Hall–Kier alpha value is -0.250. The van der Waals surface area contributed by atoms with Crippen molar-refractivity contribution >= 4 is 28.3 Å². The van der Waals surface area contributed by atoms with E-state index in [1.54, 1.807) is 6.42 Å². The van der Waals surface area contributed by atoms with Gasteiger partial charge in [-0.2, -0.15) is 0 Å². The summed E-state index contributed by atoms with van der Waals surface area (Å²) in [7, 11) is 0. The maximum Gasteiger partial charge on any atom is 0.0372 e. The van der Waals surface area contributed by atoms with Gasteiger partial charge in [-0.1, -0.05) is 0 Å². The molecule has 102 valence electrons. The second kappa shape index (κ2) is 4.64. The summed E-state index contributed by atoms with van der Waals surface area (Å²) in [6.07, 6.45) is 7.52. The smallest absolute Gasteiger partial charge is 0.0372 e. The molecule has 1 aromatic carbocycles. The molecule has 4 aliphatic carbocycles. The molecule has 1 aromatic rings. The molecule has 0 radical (unpaired) electrons. The van der Waals surface area contributed by atoms with Crippen molar-refractivity contribution in [2.75, 3.05) is 5.32 Å². The monoisotopic (exact) mass is 367 g/mol. The molecule has 2 heteroatoms. The zero-order valence-corrected chi connectivity index (χ0v) is 13.7. The van der Waals surface area contributed by atoms with Gasteiger partial charge in [0.15, 0.2) is 0 Å². The van der Waals surface area contributed by atoms with Crippen LogP contribution in [0.15, 0.2) is 18.2 Å². The van der Waals surface area contributed by atoms with E-state index >= 15 is 0 Å². The Labute approximate surface area is 129 Å². The minimum atomic E-state index is 0.756. The molecule has 0 atom stereocenters. The fraction of sp³-hybridized carbons (Fsp3) is 0.647. The largest absolute Gasteiger partial charge is 0.382 e. The summed E-state index contributed by atoms with van der Waals surface area (Å²) in [6, 6.07) is 7.55. The lowest BCUT2D eigenvalue weighted by molar-refractivity contribution is 0.00752. The summed E-state index contributed by atoms with van der Waals surface area (Å²) in [5.41, 5.74) is 2.78. The Morgan fingerprint density at radius 1 is 1.00 bits per heavy atom. The van der Waals surface area contributed by atoms with E-state index < -0.39 is 0 Å². The average Bonchev–Trinajstić information content (AvgIpc) is 2.35. The molecule has 4 fully saturated rings. The zero-order chi connectivity index (χ0) is 13.0. The van der Waals surface area contributed by atoms with Crippen LogP contribution in [0.25, 0.3) is 0 Å². The minimum Gasteiger partial charge on any atom is -0.382 e. The fourth-order valence-electron chi connectivity index (χ4n) is 5.13. The van der Waals surface area contributed by atoms with E-state index in [0.29, 0.717) is 0 Å². The van der Waals surface area contributed by atoms with Gasteiger partial charge in [-0.3, -0.25) is 0 Å². The molecule has 0 amide bonds. The first kappa shape index (κ1) is 12.5. The molecular weight excluding hydrogens is 345 g/mol. The molecule has 0 aliphatic heterocycles. The number of nitrogens with one attached hydrogen (secondary N) is 1. The highest BCUT2D eigenvalue weighted by Gasteiger charge is 2.48. The van der Waals surface area contributed by atoms with Gasteiger partial charge in [0.1, 0.15) is 0 Å². The molecule has 0 spiro atoms. The van der Waals surface area contributed by atoms with Gasteiger partial charge in [0.05, 0.1) is 0 Å². The van der Waals surface area contributed by atoms with Gasteiger partial charge in [-0.15, -0.1) is 0 Å². The van der Waals surface area contributed by atoms with Crippen molar-refractivity contribution in [1.29, 1.82) is 0 Å². The van der Waals surface area contributed by atoms with Crippen molar-refractivity contribution in [1.82, 2.24) is 0 Å². The third-order valence-electron chi connectivity index (χ3n) is 5.74. The summed E-state index contributed by atoms with van der Waals surface area (Å²) >= 11 is 2.40.